The van der Waals surface area contributed by atoms with Gasteiger partial charge in [-0.25, -0.2) is 4.68 Å². The van der Waals surface area contributed by atoms with Crippen molar-refractivity contribution in [2.45, 2.75) is 89.5 Å². The number of hydrogen-bond acceptors (Lipinski definition) is 7. The Morgan fingerprint density at radius 2 is 1.82 bits per heavy atom. The summed E-state index contributed by atoms with van der Waals surface area (Å²) in [4.78, 5) is 4.63. The van der Waals surface area contributed by atoms with Crippen LogP contribution in [0.2, 0.25) is 6.82 Å². The summed E-state index contributed by atoms with van der Waals surface area (Å²) in [5.41, 5.74) is 5.39. The van der Waals surface area contributed by atoms with Crippen molar-refractivity contribution < 1.29 is 9.76 Å². The summed E-state index contributed by atoms with van der Waals surface area (Å²) in [6.45, 7) is 4.85. The summed E-state index contributed by atoms with van der Waals surface area (Å²) >= 11 is 0. The molecule has 3 fully saturated rings. The van der Waals surface area contributed by atoms with Crippen LogP contribution in [0.3, 0.4) is 0 Å². The fourth-order valence-electron chi connectivity index (χ4n) is 6.87. The van der Waals surface area contributed by atoms with Gasteiger partial charge in [0.2, 0.25) is 0 Å². The Bertz CT molecular complexity index is 1230. The number of ether oxygens (including phenoxy) is 1. The molecule has 5 heterocycles. The van der Waals surface area contributed by atoms with Crippen molar-refractivity contribution in [3.8, 4) is 22.4 Å². The number of fused-ring (bicyclic) bond motifs is 2. The summed E-state index contributed by atoms with van der Waals surface area (Å²) in [7, 11) is 1.77. The van der Waals surface area contributed by atoms with E-state index in [0.717, 1.165) is 66.1 Å². The van der Waals surface area contributed by atoms with Gasteiger partial charge in [0.15, 0.2) is 5.82 Å². The van der Waals surface area contributed by atoms with E-state index in [2.05, 4.69) is 75.5 Å². The molecule has 0 saturated carbocycles. The molecule has 8 nitrogen and oxygen atoms in total. The molecule has 9 heteroatoms. The second kappa shape index (κ2) is 10.8. The minimum Gasteiger partial charge on any atom is -0.437 e. The fraction of sp³-hybridized carbons (Fsp3) is 0.552. The maximum atomic E-state index is 10.3. The molecule has 0 radical (unpaired) electrons. The Morgan fingerprint density at radius 1 is 1.00 bits per heavy atom. The first kappa shape index (κ1) is 25.5. The maximum absolute atomic E-state index is 10.3. The zero-order chi connectivity index (χ0) is 26.2. The summed E-state index contributed by atoms with van der Waals surface area (Å²) in [6.07, 6.45) is 13.1. The van der Waals surface area contributed by atoms with Crippen LogP contribution in [0.25, 0.3) is 22.4 Å². The Morgan fingerprint density at radius 3 is 2.47 bits per heavy atom. The third-order valence-electron chi connectivity index (χ3n) is 8.89. The van der Waals surface area contributed by atoms with Crippen molar-refractivity contribution in [2.75, 3.05) is 18.6 Å². The van der Waals surface area contributed by atoms with Gasteiger partial charge in [0.1, 0.15) is 6.23 Å². The molecule has 0 spiro atoms. The number of rotatable bonds is 6. The summed E-state index contributed by atoms with van der Waals surface area (Å²) in [6, 6.07) is 12.0. The largest absolute Gasteiger partial charge is 0.437 e. The Labute approximate surface area is 226 Å². The molecule has 3 saturated heterocycles. The molecule has 3 aliphatic rings. The molecule has 4 atom stereocenters. The summed E-state index contributed by atoms with van der Waals surface area (Å²) < 4.78 is 7.84. The molecule has 0 aliphatic carbocycles. The first-order valence-corrected chi connectivity index (χ1v) is 14.3. The lowest BCUT2D eigenvalue weighted by molar-refractivity contribution is -0.0394. The van der Waals surface area contributed by atoms with Gasteiger partial charge in [0, 0.05) is 49.1 Å². The third-order valence-corrected chi connectivity index (χ3v) is 8.89. The van der Waals surface area contributed by atoms with E-state index in [4.69, 9.17) is 4.74 Å². The number of nitrogens with zero attached hydrogens (tertiary/aromatic N) is 6. The van der Waals surface area contributed by atoms with E-state index in [1.54, 1.807) is 0 Å². The molecule has 200 valence electrons. The zero-order valence-corrected chi connectivity index (χ0v) is 22.8. The molecule has 2 aromatic heterocycles. The van der Waals surface area contributed by atoms with Gasteiger partial charge < -0.3 is 19.5 Å². The number of hydrogen-bond donors (Lipinski definition) is 1. The lowest BCUT2D eigenvalue weighted by atomic mass is 9.71. The topological polar surface area (TPSA) is 79.5 Å². The lowest BCUT2D eigenvalue weighted by Gasteiger charge is -2.51. The SMILES string of the molecule is CB(O)N1[C@@H]2CCC[C@H]1CC(N(C)c1ccc(-c3ccc(-c4cnn(C5CCCCO5)c4)cc3C)nn1)C2. The maximum Gasteiger partial charge on any atom is 0.376 e. The van der Waals surface area contributed by atoms with Crippen LogP contribution in [-0.4, -0.2) is 68.6 Å². The van der Waals surface area contributed by atoms with E-state index in [1.165, 1.54) is 25.7 Å². The fourth-order valence-corrected chi connectivity index (χ4v) is 6.87. The minimum absolute atomic E-state index is 0.0511. The molecular weight excluding hydrogens is 475 g/mol. The highest BCUT2D eigenvalue weighted by Crippen LogP contribution is 2.37. The van der Waals surface area contributed by atoms with Gasteiger partial charge in [0.05, 0.1) is 11.9 Å². The van der Waals surface area contributed by atoms with Gasteiger partial charge in [0.25, 0.3) is 0 Å². The van der Waals surface area contributed by atoms with Crippen molar-refractivity contribution >= 4 is 12.9 Å². The number of aromatic nitrogens is 4. The zero-order valence-electron chi connectivity index (χ0n) is 22.8. The van der Waals surface area contributed by atoms with Crippen LogP contribution in [0.15, 0.2) is 42.7 Å². The van der Waals surface area contributed by atoms with E-state index >= 15 is 0 Å². The lowest BCUT2D eigenvalue weighted by Crippen LogP contribution is -2.60. The third kappa shape index (κ3) is 4.99. The summed E-state index contributed by atoms with van der Waals surface area (Å²) in [5, 5.41) is 24.2. The van der Waals surface area contributed by atoms with Crippen LogP contribution >= 0.6 is 0 Å². The number of benzene rings is 1. The molecule has 1 aromatic carbocycles. The van der Waals surface area contributed by atoms with Gasteiger partial charge in [-0.1, -0.05) is 24.6 Å². The summed E-state index contributed by atoms with van der Waals surface area (Å²) in [5.74, 6) is 0.911. The normalized spacial score (nSPS) is 25.8. The predicted octanol–water partition coefficient (Wildman–Crippen LogP) is 4.95. The van der Waals surface area contributed by atoms with Crippen molar-refractivity contribution in [3.63, 3.8) is 0 Å². The van der Waals surface area contributed by atoms with Crippen LogP contribution in [0, 0.1) is 6.92 Å². The molecule has 38 heavy (non-hydrogen) atoms. The van der Waals surface area contributed by atoms with Crippen molar-refractivity contribution in [1.82, 2.24) is 24.8 Å². The highest BCUT2D eigenvalue weighted by molar-refractivity contribution is 6.45. The standard InChI is InChI=1S/C29H39BN6O2/c1-20-15-21(22-18-31-35(19-22)29-9-4-5-14-38-29)10-11-26(20)27-12-13-28(33-32-27)34(3)25-16-23-7-6-8-24(17-25)36(23)30(2)37/h10-13,15,18-19,23-25,29,37H,4-9,14,16-17H2,1-3H3/t23-,24+,25?,29?. The van der Waals surface area contributed by atoms with E-state index in [9.17, 15) is 5.02 Å². The van der Waals surface area contributed by atoms with E-state index in [0.29, 0.717) is 18.1 Å². The number of piperidine rings is 2. The Balaban J connectivity index is 1.15. The number of aryl methyl sites for hydroxylation is 1. The molecule has 3 aromatic rings. The first-order chi connectivity index (χ1) is 18.5. The molecular formula is C29H39BN6O2. The average Bonchev–Trinajstić information content (AvgIpc) is 3.43. The van der Waals surface area contributed by atoms with Crippen LogP contribution in [0.4, 0.5) is 5.82 Å². The Kier molecular flexibility index (Phi) is 7.25. The van der Waals surface area contributed by atoms with Gasteiger partial charge in [-0.05, 0) is 82.0 Å². The van der Waals surface area contributed by atoms with Gasteiger partial charge >= 0.3 is 7.05 Å². The predicted molar refractivity (Wildman–Crippen MR) is 151 cm³/mol. The van der Waals surface area contributed by atoms with Crippen LogP contribution in [0.5, 0.6) is 0 Å². The van der Waals surface area contributed by atoms with Crippen molar-refractivity contribution in [2.24, 2.45) is 0 Å². The van der Waals surface area contributed by atoms with Crippen LogP contribution in [0.1, 0.15) is 63.2 Å². The average molecular weight is 514 g/mol. The van der Waals surface area contributed by atoms with E-state index in [1.807, 2.05) is 17.7 Å². The monoisotopic (exact) mass is 514 g/mol. The quantitative estimate of drug-likeness (QED) is 0.467. The molecule has 6 rings (SSSR count). The van der Waals surface area contributed by atoms with E-state index < -0.39 is 0 Å². The second-order valence-corrected chi connectivity index (χ2v) is 11.4. The number of anilines is 1. The van der Waals surface area contributed by atoms with Crippen LogP contribution < -0.4 is 4.90 Å². The highest BCUT2D eigenvalue weighted by atomic mass is 16.5. The van der Waals surface area contributed by atoms with Crippen molar-refractivity contribution in [1.29, 1.82) is 0 Å². The van der Waals surface area contributed by atoms with Crippen LogP contribution in [-0.2, 0) is 4.74 Å². The Hall–Kier alpha value is -2.75. The second-order valence-electron chi connectivity index (χ2n) is 11.4. The highest BCUT2D eigenvalue weighted by Gasteiger charge is 2.42. The molecule has 3 aliphatic heterocycles. The molecule has 1 N–H and O–H groups in total. The molecule has 2 unspecified atom stereocenters. The minimum atomic E-state index is -0.368. The smallest absolute Gasteiger partial charge is 0.376 e. The van der Waals surface area contributed by atoms with Gasteiger partial charge in [-0.2, -0.15) is 5.10 Å². The molecule has 0 amide bonds. The van der Waals surface area contributed by atoms with E-state index in [-0.39, 0.29) is 13.3 Å². The molecule has 2 bridgehead atoms. The first-order valence-electron chi connectivity index (χ1n) is 14.3. The van der Waals surface area contributed by atoms with Crippen molar-refractivity contribution in [3.05, 3.63) is 48.3 Å². The van der Waals surface area contributed by atoms with Gasteiger partial charge in [-0.15, -0.1) is 10.2 Å². The van der Waals surface area contributed by atoms with Gasteiger partial charge in [-0.3, -0.25) is 0 Å².